The fourth-order valence-electron chi connectivity index (χ4n) is 2.69. The molecule has 1 aromatic rings. The van der Waals surface area contributed by atoms with Crippen LogP contribution in [0.3, 0.4) is 0 Å². The summed E-state index contributed by atoms with van der Waals surface area (Å²) in [6.45, 7) is 2.87. The minimum atomic E-state index is -0.862. The van der Waals surface area contributed by atoms with Gasteiger partial charge in [-0.05, 0) is 24.5 Å². The van der Waals surface area contributed by atoms with E-state index in [-0.39, 0.29) is 25.1 Å². The molecular formula is C17H20N2O4. The Morgan fingerprint density at radius 3 is 2.96 bits per heavy atom. The Morgan fingerprint density at radius 2 is 2.26 bits per heavy atom. The van der Waals surface area contributed by atoms with E-state index in [0.29, 0.717) is 24.4 Å². The van der Waals surface area contributed by atoms with Gasteiger partial charge in [-0.3, -0.25) is 4.79 Å². The molecule has 2 rings (SSSR count). The van der Waals surface area contributed by atoms with E-state index in [1.54, 1.807) is 29.2 Å². The molecule has 1 aromatic carbocycles. The highest BCUT2D eigenvalue weighted by atomic mass is 16.5. The van der Waals surface area contributed by atoms with Crippen molar-refractivity contribution in [3.63, 3.8) is 0 Å². The number of carboxylic acid groups (broad SMARTS) is 1. The third-order valence-corrected chi connectivity index (χ3v) is 3.70. The zero-order valence-corrected chi connectivity index (χ0v) is 13.0. The molecule has 0 saturated carbocycles. The van der Waals surface area contributed by atoms with Gasteiger partial charge in [0, 0.05) is 24.8 Å². The Morgan fingerprint density at radius 1 is 1.48 bits per heavy atom. The predicted molar refractivity (Wildman–Crippen MR) is 86.3 cm³/mol. The maximum atomic E-state index is 12.4. The van der Waals surface area contributed by atoms with Crippen LogP contribution in [-0.4, -0.2) is 41.7 Å². The van der Waals surface area contributed by atoms with Crippen molar-refractivity contribution in [2.45, 2.75) is 13.3 Å². The van der Waals surface area contributed by atoms with Crippen molar-refractivity contribution in [1.82, 2.24) is 4.90 Å². The summed E-state index contributed by atoms with van der Waals surface area (Å²) >= 11 is 0. The molecule has 0 bridgehead atoms. The van der Waals surface area contributed by atoms with Gasteiger partial charge in [0.05, 0.1) is 5.92 Å². The minimum Gasteiger partial charge on any atom is -0.481 e. The van der Waals surface area contributed by atoms with Crippen LogP contribution in [0.2, 0.25) is 0 Å². The second kappa shape index (κ2) is 7.54. The van der Waals surface area contributed by atoms with Crippen molar-refractivity contribution < 1.29 is 19.4 Å². The van der Waals surface area contributed by atoms with Crippen LogP contribution < -0.4 is 10.1 Å². The largest absolute Gasteiger partial charge is 0.481 e. The Balaban J connectivity index is 2.01. The molecular weight excluding hydrogens is 296 g/mol. The summed E-state index contributed by atoms with van der Waals surface area (Å²) in [5.74, 6) is 1.71. The van der Waals surface area contributed by atoms with Crippen LogP contribution in [0, 0.1) is 24.2 Å². The molecule has 0 aromatic heterocycles. The van der Waals surface area contributed by atoms with Gasteiger partial charge in [0.25, 0.3) is 0 Å². The van der Waals surface area contributed by atoms with Crippen LogP contribution in [0.1, 0.15) is 13.3 Å². The third-order valence-electron chi connectivity index (χ3n) is 3.70. The molecule has 23 heavy (non-hydrogen) atoms. The SMILES string of the molecule is C#CCOc1cccc(NC(=O)N2CC(C)CC(C(=O)O)C2)c1. The summed E-state index contributed by atoms with van der Waals surface area (Å²) in [5.41, 5.74) is 0.578. The van der Waals surface area contributed by atoms with Crippen LogP contribution in [0.15, 0.2) is 24.3 Å². The first-order chi connectivity index (χ1) is 11.0. The fraction of sp³-hybridized carbons (Fsp3) is 0.412. The van der Waals surface area contributed by atoms with Crippen LogP contribution in [-0.2, 0) is 4.79 Å². The molecule has 2 N–H and O–H groups in total. The highest BCUT2D eigenvalue weighted by Crippen LogP contribution is 2.23. The first kappa shape index (κ1) is 16.7. The number of ether oxygens (including phenoxy) is 1. The molecule has 0 radical (unpaired) electrons. The van der Waals surface area contributed by atoms with Gasteiger partial charge in [0.2, 0.25) is 0 Å². The number of likely N-dealkylation sites (tertiary alicyclic amines) is 1. The number of hydrogen-bond donors (Lipinski definition) is 2. The van der Waals surface area contributed by atoms with Gasteiger partial charge >= 0.3 is 12.0 Å². The van der Waals surface area contributed by atoms with Gasteiger partial charge in [-0.25, -0.2) is 4.79 Å². The Labute approximate surface area is 135 Å². The number of urea groups is 1. The molecule has 6 heteroatoms. The van der Waals surface area contributed by atoms with E-state index in [0.717, 1.165) is 0 Å². The predicted octanol–water partition coefficient (Wildman–Crippen LogP) is 2.27. The molecule has 1 fully saturated rings. The fourth-order valence-corrected chi connectivity index (χ4v) is 2.69. The quantitative estimate of drug-likeness (QED) is 0.835. The zero-order chi connectivity index (χ0) is 16.8. The Kier molecular flexibility index (Phi) is 5.47. The van der Waals surface area contributed by atoms with Gasteiger partial charge in [-0.1, -0.05) is 18.9 Å². The average molecular weight is 316 g/mol. The molecule has 6 nitrogen and oxygen atoms in total. The Hall–Kier alpha value is -2.68. The lowest BCUT2D eigenvalue weighted by molar-refractivity contribution is -0.143. The molecule has 1 heterocycles. The van der Waals surface area contributed by atoms with Gasteiger partial charge in [-0.15, -0.1) is 6.42 Å². The van der Waals surface area contributed by atoms with E-state index in [4.69, 9.17) is 11.2 Å². The van der Waals surface area contributed by atoms with Crippen molar-refractivity contribution in [2.24, 2.45) is 11.8 Å². The highest BCUT2D eigenvalue weighted by molar-refractivity contribution is 5.90. The first-order valence-corrected chi connectivity index (χ1v) is 7.44. The van der Waals surface area contributed by atoms with Crippen molar-refractivity contribution in [3.05, 3.63) is 24.3 Å². The maximum Gasteiger partial charge on any atom is 0.321 e. The number of terminal acetylenes is 1. The molecule has 0 aliphatic carbocycles. The van der Waals surface area contributed by atoms with Crippen molar-refractivity contribution >= 4 is 17.7 Å². The van der Waals surface area contributed by atoms with Crippen LogP contribution in [0.4, 0.5) is 10.5 Å². The number of carboxylic acids is 1. The lowest BCUT2D eigenvalue weighted by Crippen LogP contribution is -2.47. The van der Waals surface area contributed by atoms with Gasteiger partial charge < -0.3 is 20.1 Å². The maximum absolute atomic E-state index is 12.4. The summed E-state index contributed by atoms with van der Waals surface area (Å²) in [6, 6.07) is 6.61. The average Bonchev–Trinajstić information content (AvgIpc) is 2.52. The molecule has 1 saturated heterocycles. The number of benzene rings is 1. The number of piperidine rings is 1. The summed E-state index contributed by atoms with van der Waals surface area (Å²) in [5, 5.41) is 11.9. The zero-order valence-electron chi connectivity index (χ0n) is 13.0. The molecule has 2 unspecified atom stereocenters. The molecule has 1 aliphatic rings. The van der Waals surface area contributed by atoms with E-state index in [9.17, 15) is 14.7 Å². The second-order valence-corrected chi connectivity index (χ2v) is 5.73. The van der Waals surface area contributed by atoms with E-state index in [1.807, 2.05) is 6.92 Å². The topological polar surface area (TPSA) is 78.9 Å². The molecule has 0 spiro atoms. The molecule has 1 aliphatic heterocycles. The summed E-state index contributed by atoms with van der Waals surface area (Å²) in [6.07, 6.45) is 5.74. The number of anilines is 1. The van der Waals surface area contributed by atoms with Crippen molar-refractivity contribution in [2.75, 3.05) is 25.0 Å². The van der Waals surface area contributed by atoms with Gasteiger partial charge in [-0.2, -0.15) is 0 Å². The third kappa shape index (κ3) is 4.65. The Bertz CT molecular complexity index is 623. The first-order valence-electron chi connectivity index (χ1n) is 7.44. The van der Waals surface area contributed by atoms with E-state index >= 15 is 0 Å². The van der Waals surface area contributed by atoms with E-state index < -0.39 is 11.9 Å². The summed E-state index contributed by atoms with van der Waals surface area (Å²) in [7, 11) is 0. The lowest BCUT2D eigenvalue weighted by Gasteiger charge is -2.34. The molecule has 2 atom stereocenters. The van der Waals surface area contributed by atoms with Crippen molar-refractivity contribution in [3.8, 4) is 18.1 Å². The minimum absolute atomic E-state index is 0.154. The summed E-state index contributed by atoms with van der Waals surface area (Å²) < 4.78 is 5.31. The molecule has 2 amide bonds. The smallest absolute Gasteiger partial charge is 0.321 e. The van der Waals surface area contributed by atoms with E-state index in [2.05, 4.69) is 11.2 Å². The van der Waals surface area contributed by atoms with E-state index in [1.165, 1.54) is 0 Å². The number of hydrogen-bond acceptors (Lipinski definition) is 3. The van der Waals surface area contributed by atoms with Crippen LogP contribution in [0.5, 0.6) is 5.75 Å². The number of nitrogens with one attached hydrogen (secondary N) is 1. The molecule has 122 valence electrons. The normalized spacial score (nSPS) is 20.4. The van der Waals surface area contributed by atoms with Crippen LogP contribution >= 0.6 is 0 Å². The lowest BCUT2D eigenvalue weighted by atomic mass is 9.91. The van der Waals surface area contributed by atoms with Gasteiger partial charge in [0.1, 0.15) is 12.4 Å². The number of rotatable bonds is 4. The number of carbonyl (C=O) groups excluding carboxylic acids is 1. The standard InChI is InChI=1S/C17H20N2O4/c1-3-7-23-15-6-4-5-14(9-15)18-17(22)19-10-12(2)8-13(11-19)16(20)21/h1,4-6,9,12-13H,7-8,10-11H2,2H3,(H,18,22)(H,20,21). The monoisotopic (exact) mass is 316 g/mol. The number of amides is 2. The number of carbonyl (C=O) groups is 2. The van der Waals surface area contributed by atoms with Gasteiger partial charge in [0.15, 0.2) is 0 Å². The number of aliphatic carboxylic acids is 1. The second-order valence-electron chi connectivity index (χ2n) is 5.73. The van der Waals surface area contributed by atoms with Crippen molar-refractivity contribution in [1.29, 1.82) is 0 Å². The van der Waals surface area contributed by atoms with Crippen LogP contribution in [0.25, 0.3) is 0 Å². The highest BCUT2D eigenvalue weighted by Gasteiger charge is 2.31. The number of nitrogens with zero attached hydrogens (tertiary/aromatic N) is 1. The summed E-state index contributed by atoms with van der Waals surface area (Å²) in [4.78, 5) is 25.1.